The van der Waals surface area contributed by atoms with Gasteiger partial charge in [0.25, 0.3) is 0 Å². The summed E-state index contributed by atoms with van der Waals surface area (Å²) in [4.78, 5) is 11.7. The van der Waals surface area contributed by atoms with Gasteiger partial charge in [0.1, 0.15) is 0 Å². The molecule has 0 aliphatic heterocycles. The van der Waals surface area contributed by atoms with Crippen LogP contribution in [0.2, 0.25) is 0 Å². The molecule has 2 unspecified atom stereocenters. The molecule has 2 atom stereocenters. The fourth-order valence-electron chi connectivity index (χ4n) is 1.29. The highest BCUT2D eigenvalue weighted by molar-refractivity contribution is 7.81. The fourth-order valence-corrected chi connectivity index (χ4v) is 1.36. The van der Waals surface area contributed by atoms with E-state index >= 15 is 0 Å². The topological polar surface area (TPSA) is 29.1 Å². The highest BCUT2D eigenvalue weighted by Gasteiger charge is 2.18. The summed E-state index contributed by atoms with van der Waals surface area (Å²) in [6.07, 6.45) is 2.20. The van der Waals surface area contributed by atoms with Gasteiger partial charge in [-0.15, -0.1) is 0 Å². The summed E-state index contributed by atoms with van der Waals surface area (Å²) >= 11 is 4.29. The van der Waals surface area contributed by atoms with Gasteiger partial charge in [-0.2, -0.15) is 12.6 Å². The average Bonchev–Trinajstić information content (AvgIpc) is 2.13. The summed E-state index contributed by atoms with van der Waals surface area (Å²) in [5, 5.41) is 2.81. The van der Waals surface area contributed by atoms with Crippen molar-refractivity contribution in [2.24, 2.45) is 11.8 Å². The Kier molecular flexibility index (Phi) is 7.07. The first-order valence-electron chi connectivity index (χ1n) is 5.83. The molecular weight excluding hydrogens is 206 g/mol. The van der Waals surface area contributed by atoms with Crippen LogP contribution in [-0.4, -0.2) is 17.2 Å². The lowest BCUT2D eigenvalue weighted by molar-refractivity contribution is -0.121. The molecule has 0 aromatic rings. The molecule has 0 aliphatic carbocycles. The van der Waals surface area contributed by atoms with Crippen LogP contribution in [0.4, 0.5) is 0 Å². The molecule has 0 aromatic heterocycles. The van der Waals surface area contributed by atoms with Crippen LogP contribution in [-0.2, 0) is 4.79 Å². The second-order valence-corrected chi connectivity index (χ2v) is 5.63. The van der Waals surface area contributed by atoms with Crippen molar-refractivity contribution >= 4 is 18.5 Å². The summed E-state index contributed by atoms with van der Waals surface area (Å²) in [5.74, 6) is 1.04. The van der Waals surface area contributed by atoms with Crippen LogP contribution in [0.25, 0.3) is 0 Å². The zero-order chi connectivity index (χ0) is 12.0. The van der Waals surface area contributed by atoms with E-state index in [-0.39, 0.29) is 23.1 Å². The molecule has 0 saturated carbocycles. The van der Waals surface area contributed by atoms with Crippen LogP contribution in [0.1, 0.15) is 47.5 Å². The van der Waals surface area contributed by atoms with Gasteiger partial charge in [-0.05, 0) is 31.6 Å². The number of nitrogens with one attached hydrogen (secondary N) is 1. The maximum Gasteiger partial charge on any atom is 0.233 e. The third-order valence-electron chi connectivity index (χ3n) is 2.47. The van der Waals surface area contributed by atoms with Gasteiger partial charge in [0, 0.05) is 6.04 Å². The Hall–Kier alpha value is -0.180. The molecule has 0 spiro atoms. The lowest BCUT2D eigenvalue weighted by atomic mass is 10.0. The van der Waals surface area contributed by atoms with Gasteiger partial charge in [0.05, 0.1) is 5.25 Å². The molecule has 1 amide bonds. The van der Waals surface area contributed by atoms with E-state index in [1.807, 2.05) is 13.8 Å². The maximum atomic E-state index is 11.7. The molecule has 2 nitrogen and oxygen atoms in total. The molecule has 0 saturated heterocycles. The number of amides is 1. The summed E-state index contributed by atoms with van der Waals surface area (Å²) in [5.41, 5.74) is 0. The van der Waals surface area contributed by atoms with Crippen LogP contribution in [0.3, 0.4) is 0 Å². The number of thiol groups is 1. The Labute approximate surface area is 99.6 Å². The van der Waals surface area contributed by atoms with E-state index in [0.29, 0.717) is 5.92 Å². The molecule has 0 fully saturated rings. The van der Waals surface area contributed by atoms with Crippen LogP contribution in [0.5, 0.6) is 0 Å². The molecule has 3 heteroatoms. The van der Waals surface area contributed by atoms with Crippen molar-refractivity contribution < 1.29 is 4.79 Å². The summed E-state index contributed by atoms with van der Waals surface area (Å²) in [7, 11) is 0. The molecule has 0 radical (unpaired) electrons. The first-order chi connectivity index (χ1) is 6.84. The highest BCUT2D eigenvalue weighted by Crippen LogP contribution is 2.11. The first-order valence-corrected chi connectivity index (χ1v) is 6.34. The van der Waals surface area contributed by atoms with Crippen molar-refractivity contribution in [2.75, 3.05) is 0 Å². The lowest BCUT2D eigenvalue weighted by Gasteiger charge is -2.19. The molecule has 90 valence electrons. The molecule has 0 aromatic carbocycles. The van der Waals surface area contributed by atoms with Gasteiger partial charge >= 0.3 is 0 Å². The summed E-state index contributed by atoms with van der Waals surface area (Å²) in [6, 6.07) is 0.258. The molecule has 15 heavy (non-hydrogen) atoms. The maximum absolute atomic E-state index is 11.7. The molecule has 0 aliphatic rings. The third-order valence-corrected chi connectivity index (χ3v) is 3.30. The van der Waals surface area contributed by atoms with Gasteiger partial charge in [0.15, 0.2) is 0 Å². The smallest absolute Gasteiger partial charge is 0.233 e. The standard InChI is InChI=1S/C12H25NOS/c1-8(2)6-7-10(5)13-12(14)11(15)9(3)4/h8-11,15H,6-7H2,1-5H3,(H,13,14). The SMILES string of the molecule is CC(C)CCC(C)NC(=O)C(S)C(C)C. The highest BCUT2D eigenvalue weighted by atomic mass is 32.1. The van der Waals surface area contributed by atoms with E-state index in [0.717, 1.165) is 12.8 Å². The van der Waals surface area contributed by atoms with E-state index < -0.39 is 0 Å². The van der Waals surface area contributed by atoms with Gasteiger partial charge in [0.2, 0.25) is 5.91 Å². The second-order valence-electron chi connectivity index (χ2n) is 5.07. The number of hydrogen-bond acceptors (Lipinski definition) is 2. The number of rotatable bonds is 6. The van der Waals surface area contributed by atoms with Crippen LogP contribution in [0.15, 0.2) is 0 Å². The Morgan fingerprint density at radius 2 is 1.67 bits per heavy atom. The van der Waals surface area contributed by atoms with Gasteiger partial charge < -0.3 is 5.32 Å². The van der Waals surface area contributed by atoms with E-state index in [9.17, 15) is 4.79 Å². The van der Waals surface area contributed by atoms with Gasteiger partial charge in [-0.1, -0.05) is 27.7 Å². The van der Waals surface area contributed by atoms with Crippen molar-refractivity contribution in [3.63, 3.8) is 0 Å². The second kappa shape index (κ2) is 7.15. The largest absolute Gasteiger partial charge is 0.353 e. The number of carbonyl (C=O) groups is 1. The predicted molar refractivity (Wildman–Crippen MR) is 69.3 cm³/mol. The Bertz CT molecular complexity index is 192. The van der Waals surface area contributed by atoms with Crippen molar-refractivity contribution in [1.82, 2.24) is 5.32 Å². The minimum absolute atomic E-state index is 0.0598. The molecule has 0 heterocycles. The third kappa shape index (κ3) is 6.82. The predicted octanol–water partition coefficient (Wildman–Crippen LogP) is 2.88. The van der Waals surface area contributed by atoms with Crippen LogP contribution < -0.4 is 5.32 Å². The molecule has 0 bridgehead atoms. The molecule has 0 rings (SSSR count). The van der Waals surface area contributed by atoms with Crippen molar-refractivity contribution in [2.45, 2.75) is 58.8 Å². The van der Waals surface area contributed by atoms with E-state index in [1.54, 1.807) is 0 Å². The van der Waals surface area contributed by atoms with Crippen LogP contribution >= 0.6 is 12.6 Å². The minimum Gasteiger partial charge on any atom is -0.353 e. The monoisotopic (exact) mass is 231 g/mol. The first kappa shape index (κ1) is 14.8. The normalized spacial score (nSPS) is 15.5. The van der Waals surface area contributed by atoms with E-state index in [2.05, 4.69) is 38.7 Å². The number of hydrogen-bond donors (Lipinski definition) is 2. The van der Waals surface area contributed by atoms with Crippen LogP contribution in [0, 0.1) is 11.8 Å². The molecular formula is C12H25NOS. The molecule has 1 N–H and O–H groups in total. The number of carbonyl (C=O) groups excluding carboxylic acids is 1. The van der Waals surface area contributed by atoms with E-state index in [4.69, 9.17) is 0 Å². The van der Waals surface area contributed by atoms with Crippen molar-refractivity contribution in [1.29, 1.82) is 0 Å². The Morgan fingerprint density at radius 1 is 1.13 bits per heavy atom. The Morgan fingerprint density at radius 3 is 2.07 bits per heavy atom. The summed E-state index contributed by atoms with van der Waals surface area (Å²) in [6.45, 7) is 10.5. The lowest BCUT2D eigenvalue weighted by Crippen LogP contribution is -2.39. The van der Waals surface area contributed by atoms with Crippen molar-refractivity contribution in [3.05, 3.63) is 0 Å². The Balaban J connectivity index is 3.85. The van der Waals surface area contributed by atoms with Crippen molar-refractivity contribution in [3.8, 4) is 0 Å². The van der Waals surface area contributed by atoms with Gasteiger partial charge in [-0.25, -0.2) is 0 Å². The fraction of sp³-hybridized carbons (Fsp3) is 0.917. The quantitative estimate of drug-likeness (QED) is 0.676. The van der Waals surface area contributed by atoms with Gasteiger partial charge in [-0.3, -0.25) is 4.79 Å². The zero-order valence-electron chi connectivity index (χ0n) is 10.6. The zero-order valence-corrected chi connectivity index (χ0v) is 11.5. The summed E-state index contributed by atoms with van der Waals surface area (Å²) < 4.78 is 0. The van der Waals surface area contributed by atoms with E-state index in [1.165, 1.54) is 0 Å². The minimum atomic E-state index is -0.188. The average molecular weight is 231 g/mol.